The quantitative estimate of drug-likeness (QED) is 0.462. The van der Waals surface area contributed by atoms with Crippen LogP contribution >= 0.6 is 0 Å². The summed E-state index contributed by atoms with van der Waals surface area (Å²) < 4.78 is 4.77. The molecule has 0 spiro atoms. The van der Waals surface area contributed by atoms with Crippen molar-refractivity contribution in [2.75, 3.05) is 6.61 Å². The van der Waals surface area contributed by atoms with Gasteiger partial charge in [0.25, 0.3) is 5.69 Å². The Morgan fingerprint density at radius 1 is 1.50 bits per heavy atom. The molecular weight excluding hydrogens is 236 g/mol. The molecule has 0 N–H and O–H groups in total. The molecule has 0 saturated heterocycles. The van der Waals surface area contributed by atoms with Crippen LogP contribution in [0.25, 0.3) is 0 Å². The third-order valence-corrected chi connectivity index (χ3v) is 2.43. The number of nitro benzene ring substituents is 1. The van der Waals surface area contributed by atoms with Crippen LogP contribution in [0, 0.1) is 21.4 Å². The topological polar surface area (TPSA) is 93.2 Å². The van der Waals surface area contributed by atoms with Gasteiger partial charge in [-0.1, -0.05) is 6.92 Å². The second kappa shape index (κ2) is 5.77. The van der Waals surface area contributed by atoms with Crippen LogP contribution in [0.4, 0.5) is 5.69 Å². The summed E-state index contributed by atoms with van der Waals surface area (Å²) >= 11 is 0. The highest BCUT2D eigenvalue weighted by molar-refractivity contribution is 5.95. The number of rotatable bonds is 4. The molecule has 1 rings (SSSR count). The van der Waals surface area contributed by atoms with E-state index in [1.165, 1.54) is 12.1 Å². The van der Waals surface area contributed by atoms with Crippen molar-refractivity contribution in [3.63, 3.8) is 0 Å². The van der Waals surface area contributed by atoms with E-state index in [1.807, 2.05) is 6.07 Å². The summed E-state index contributed by atoms with van der Waals surface area (Å²) in [5, 5.41) is 20.0. The maximum Gasteiger partial charge on any atom is 0.345 e. The van der Waals surface area contributed by atoms with Crippen LogP contribution in [0.15, 0.2) is 12.1 Å². The monoisotopic (exact) mass is 248 g/mol. The van der Waals surface area contributed by atoms with Gasteiger partial charge in [0.2, 0.25) is 0 Å². The normalized spacial score (nSPS) is 9.61. The summed E-state index contributed by atoms with van der Waals surface area (Å²) in [6, 6.07) is 4.54. The largest absolute Gasteiger partial charge is 0.462 e. The Morgan fingerprint density at radius 3 is 2.61 bits per heavy atom. The fourth-order valence-electron chi connectivity index (χ4n) is 1.68. The van der Waals surface area contributed by atoms with Crippen molar-refractivity contribution < 1.29 is 14.5 Å². The average molecular weight is 248 g/mol. The van der Waals surface area contributed by atoms with E-state index in [-0.39, 0.29) is 29.0 Å². The van der Waals surface area contributed by atoms with E-state index < -0.39 is 10.9 Å². The summed E-state index contributed by atoms with van der Waals surface area (Å²) in [4.78, 5) is 22.0. The summed E-state index contributed by atoms with van der Waals surface area (Å²) in [7, 11) is 0. The third kappa shape index (κ3) is 2.46. The van der Waals surface area contributed by atoms with Gasteiger partial charge in [0, 0.05) is 5.56 Å². The number of nitriles is 1. The standard InChI is InChI=1S/C12H12N2O4/c1-3-9-8(7-13)5-6-10(11(9)14(16)17)12(15)18-4-2/h5-6H,3-4H2,1-2H3. The molecule has 0 bridgehead atoms. The molecule has 0 unspecified atom stereocenters. The highest BCUT2D eigenvalue weighted by Crippen LogP contribution is 2.28. The van der Waals surface area contributed by atoms with Crippen molar-refractivity contribution >= 4 is 11.7 Å². The van der Waals surface area contributed by atoms with E-state index in [9.17, 15) is 14.9 Å². The first-order valence-electron chi connectivity index (χ1n) is 5.44. The molecule has 1 aromatic rings. The molecule has 1 aromatic carbocycles. The number of carbonyl (C=O) groups excluding carboxylic acids is 1. The summed E-state index contributed by atoms with van der Waals surface area (Å²) in [5.74, 6) is -0.747. The number of benzene rings is 1. The highest BCUT2D eigenvalue weighted by atomic mass is 16.6. The van der Waals surface area contributed by atoms with Gasteiger partial charge in [-0.3, -0.25) is 10.1 Å². The van der Waals surface area contributed by atoms with Crippen molar-refractivity contribution in [2.24, 2.45) is 0 Å². The number of ether oxygens (including phenoxy) is 1. The zero-order valence-corrected chi connectivity index (χ0v) is 10.1. The maximum absolute atomic E-state index is 11.6. The minimum Gasteiger partial charge on any atom is -0.462 e. The predicted molar refractivity (Wildman–Crippen MR) is 63.1 cm³/mol. The Hall–Kier alpha value is -2.42. The average Bonchev–Trinajstić information content (AvgIpc) is 2.36. The SMILES string of the molecule is CCOC(=O)c1ccc(C#N)c(CC)c1[N+](=O)[O-]. The van der Waals surface area contributed by atoms with Gasteiger partial charge in [0.05, 0.1) is 23.2 Å². The van der Waals surface area contributed by atoms with E-state index in [0.717, 1.165) is 0 Å². The summed E-state index contributed by atoms with van der Waals surface area (Å²) in [6.07, 6.45) is 0.298. The number of nitro groups is 1. The molecule has 0 aromatic heterocycles. The molecule has 0 atom stereocenters. The Labute approximate surface area is 104 Å². The van der Waals surface area contributed by atoms with Crippen LogP contribution in [0.2, 0.25) is 0 Å². The molecule has 0 amide bonds. The summed E-state index contributed by atoms with van der Waals surface area (Å²) in [6.45, 7) is 3.45. The van der Waals surface area contributed by atoms with E-state index in [0.29, 0.717) is 6.42 Å². The zero-order valence-electron chi connectivity index (χ0n) is 10.1. The molecule has 0 aliphatic rings. The van der Waals surface area contributed by atoms with Gasteiger partial charge in [-0.05, 0) is 25.5 Å². The van der Waals surface area contributed by atoms with Gasteiger partial charge < -0.3 is 4.74 Å². The van der Waals surface area contributed by atoms with Crippen molar-refractivity contribution in [2.45, 2.75) is 20.3 Å². The molecule has 0 heterocycles. The van der Waals surface area contributed by atoms with Gasteiger partial charge in [-0.15, -0.1) is 0 Å². The number of nitrogens with zero attached hydrogens (tertiary/aromatic N) is 2. The molecular formula is C12H12N2O4. The van der Waals surface area contributed by atoms with Gasteiger partial charge in [-0.25, -0.2) is 4.79 Å². The molecule has 18 heavy (non-hydrogen) atoms. The highest BCUT2D eigenvalue weighted by Gasteiger charge is 2.26. The first kappa shape index (κ1) is 13.6. The first-order chi connectivity index (χ1) is 8.56. The van der Waals surface area contributed by atoms with Crippen LogP contribution in [-0.4, -0.2) is 17.5 Å². The second-order valence-corrected chi connectivity index (χ2v) is 3.43. The maximum atomic E-state index is 11.6. The molecule has 0 aliphatic heterocycles. The van der Waals surface area contributed by atoms with E-state index >= 15 is 0 Å². The van der Waals surface area contributed by atoms with E-state index in [1.54, 1.807) is 13.8 Å². The molecule has 0 radical (unpaired) electrons. The molecule has 6 nitrogen and oxygen atoms in total. The lowest BCUT2D eigenvalue weighted by molar-refractivity contribution is -0.385. The van der Waals surface area contributed by atoms with Gasteiger partial charge in [-0.2, -0.15) is 5.26 Å². The molecule has 94 valence electrons. The van der Waals surface area contributed by atoms with Crippen molar-refractivity contribution in [1.29, 1.82) is 5.26 Å². The number of hydrogen-bond donors (Lipinski definition) is 0. The molecule has 0 aliphatic carbocycles. The summed E-state index contributed by atoms with van der Waals surface area (Å²) in [5.41, 5.74) is 0.0120. The van der Waals surface area contributed by atoms with Gasteiger partial charge >= 0.3 is 5.97 Å². The van der Waals surface area contributed by atoms with E-state index in [4.69, 9.17) is 10.00 Å². The molecule has 0 fully saturated rings. The van der Waals surface area contributed by atoms with Crippen LogP contribution in [0.3, 0.4) is 0 Å². The van der Waals surface area contributed by atoms with Crippen molar-refractivity contribution in [3.05, 3.63) is 38.9 Å². The van der Waals surface area contributed by atoms with Gasteiger partial charge in [0.15, 0.2) is 0 Å². The number of carbonyl (C=O) groups is 1. The van der Waals surface area contributed by atoms with Crippen molar-refractivity contribution in [1.82, 2.24) is 0 Å². The third-order valence-electron chi connectivity index (χ3n) is 2.43. The van der Waals surface area contributed by atoms with Crippen LogP contribution in [0.1, 0.15) is 35.3 Å². The minimum absolute atomic E-state index is 0.113. The predicted octanol–water partition coefficient (Wildman–Crippen LogP) is 2.21. The lowest BCUT2D eigenvalue weighted by Gasteiger charge is -2.07. The minimum atomic E-state index is -0.747. The van der Waals surface area contributed by atoms with Crippen LogP contribution in [0.5, 0.6) is 0 Å². The second-order valence-electron chi connectivity index (χ2n) is 3.43. The van der Waals surface area contributed by atoms with Crippen molar-refractivity contribution in [3.8, 4) is 6.07 Å². The lowest BCUT2D eigenvalue weighted by atomic mass is 9.99. The smallest absolute Gasteiger partial charge is 0.345 e. The van der Waals surface area contributed by atoms with Crippen LogP contribution in [-0.2, 0) is 11.2 Å². The molecule has 6 heteroatoms. The number of hydrogen-bond acceptors (Lipinski definition) is 5. The molecule has 0 saturated carbocycles. The Morgan fingerprint density at radius 2 is 2.17 bits per heavy atom. The zero-order chi connectivity index (χ0) is 13.7. The lowest BCUT2D eigenvalue weighted by Crippen LogP contribution is -2.10. The first-order valence-corrected chi connectivity index (χ1v) is 5.44. The Kier molecular flexibility index (Phi) is 4.38. The fraction of sp³-hybridized carbons (Fsp3) is 0.333. The number of esters is 1. The fourth-order valence-corrected chi connectivity index (χ4v) is 1.68. The van der Waals surface area contributed by atoms with Gasteiger partial charge in [0.1, 0.15) is 5.56 Å². The Bertz CT molecular complexity index is 532. The van der Waals surface area contributed by atoms with Crippen LogP contribution < -0.4 is 0 Å². The van der Waals surface area contributed by atoms with E-state index in [2.05, 4.69) is 0 Å². The Balaban J connectivity index is 3.50.